The number of H-pyrrole nitrogens is 1. The zero-order valence-corrected chi connectivity index (χ0v) is 9.24. The van der Waals surface area contributed by atoms with Crippen molar-refractivity contribution in [3.05, 3.63) is 11.9 Å². The Morgan fingerprint density at radius 1 is 1.73 bits per heavy atom. The number of halogens is 1. The van der Waals surface area contributed by atoms with Crippen LogP contribution in [0.3, 0.4) is 0 Å². The minimum Gasteiger partial charge on any atom is -0.336 e. The molecule has 1 amide bonds. The quantitative estimate of drug-likeness (QED) is 0.727. The molecule has 5 nitrogen and oxygen atoms in total. The lowest BCUT2D eigenvalue weighted by molar-refractivity contribution is 0.0695. The molecule has 1 aliphatic rings. The molecule has 0 aliphatic carbocycles. The van der Waals surface area contributed by atoms with E-state index in [9.17, 15) is 4.79 Å². The van der Waals surface area contributed by atoms with Crippen LogP contribution in [0.25, 0.3) is 0 Å². The van der Waals surface area contributed by atoms with Crippen LogP contribution in [0, 0.1) is 5.92 Å². The maximum atomic E-state index is 11.9. The molecule has 0 spiro atoms. The largest absolute Gasteiger partial charge is 0.336 e. The minimum absolute atomic E-state index is 0.0367. The molecule has 6 heteroatoms. The van der Waals surface area contributed by atoms with Gasteiger partial charge in [0.2, 0.25) is 0 Å². The number of hydrogen-bond acceptors (Lipinski definition) is 3. The summed E-state index contributed by atoms with van der Waals surface area (Å²) in [6.07, 6.45) is 2.38. The summed E-state index contributed by atoms with van der Waals surface area (Å²) in [4.78, 5) is 13.6. The van der Waals surface area contributed by atoms with E-state index >= 15 is 0 Å². The van der Waals surface area contributed by atoms with Crippen LogP contribution in [0.1, 0.15) is 23.8 Å². The number of likely N-dealkylation sites (tertiary alicyclic amines) is 1. The molecule has 2 rings (SSSR count). The lowest BCUT2D eigenvalue weighted by atomic mass is 9.98. The number of aromatic amines is 1. The van der Waals surface area contributed by atoms with Crippen LogP contribution in [-0.2, 0) is 0 Å². The first-order valence-electron chi connectivity index (χ1n) is 4.97. The second kappa shape index (κ2) is 4.18. The Morgan fingerprint density at radius 2 is 2.53 bits per heavy atom. The van der Waals surface area contributed by atoms with Gasteiger partial charge in [0.05, 0.1) is 11.6 Å². The third-order valence-electron chi connectivity index (χ3n) is 2.79. The number of rotatable bonds is 1. The van der Waals surface area contributed by atoms with Crippen molar-refractivity contribution in [2.24, 2.45) is 5.92 Å². The van der Waals surface area contributed by atoms with Crippen molar-refractivity contribution in [3.63, 3.8) is 0 Å². The SMILES string of the molecule is CC1CCN(C(=O)c2cn[nH]n2)CC1Cl. The molecule has 2 heterocycles. The fourth-order valence-corrected chi connectivity index (χ4v) is 1.97. The van der Waals surface area contributed by atoms with Gasteiger partial charge in [0.25, 0.3) is 5.91 Å². The maximum absolute atomic E-state index is 11.9. The van der Waals surface area contributed by atoms with Gasteiger partial charge in [0.15, 0.2) is 5.69 Å². The fourth-order valence-electron chi connectivity index (χ4n) is 1.67. The predicted octanol–water partition coefficient (Wildman–Crippen LogP) is 0.894. The minimum atomic E-state index is -0.0960. The molecule has 2 unspecified atom stereocenters. The topological polar surface area (TPSA) is 61.9 Å². The Kier molecular flexibility index (Phi) is 2.90. The molecule has 0 saturated carbocycles. The number of alkyl halides is 1. The van der Waals surface area contributed by atoms with Crippen molar-refractivity contribution in [3.8, 4) is 0 Å². The van der Waals surface area contributed by atoms with Gasteiger partial charge < -0.3 is 4.90 Å². The molecule has 15 heavy (non-hydrogen) atoms. The van der Waals surface area contributed by atoms with E-state index in [2.05, 4.69) is 22.3 Å². The van der Waals surface area contributed by atoms with Crippen molar-refractivity contribution in [2.75, 3.05) is 13.1 Å². The summed E-state index contributed by atoms with van der Waals surface area (Å²) < 4.78 is 0. The van der Waals surface area contributed by atoms with Gasteiger partial charge in [0, 0.05) is 13.1 Å². The molecule has 1 saturated heterocycles. The van der Waals surface area contributed by atoms with Crippen LogP contribution >= 0.6 is 11.6 Å². The van der Waals surface area contributed by atoms with Gasteiger partial charge in [-0.05, 0) is 12.3 Å². The molecule has 0 radical (unpaired) electrons. The highest BCUT2D eigenvalue weighted by Crippen LogP contribution is 2.22. The highest BCUT2D eigenvalue weighted by Gasteiger charge is 2.28. The zero-order valence-electron chi connectivity index (χ0n) is 8.48. The lowest BCUT2D eigenvalue weighted by Gasteiger charge is -2.33. The van der Waals surface area contributed by atoms with Crippen LogP contribution < -0.4 is 0 Å². The summed E-state index contributed by atoms with van der Waals surface area (Å²) in [5, 5.41) is 9.85. The molecule has 0 bridgehead atoms. The smallest absolute Gasteiger partial charge is 0.276 e. The molecule has 1 fully saturated rings. The van der Waals surface area contributed by atoms with Crippen molar-refractivity contribution < 1.29 is 4.79 Å². The third-order valence-corrected chi connectivity index (χ3v) is 3.36. The van der Waals surface area contributed by atoms with Crippen molar-refractivity contribution in [1.29, 1.82) is 0 Å². The van der Waals surface area contributed by atoms with E-state index in [1.165, 1.54) is 6.20 Å². The molecule has 1 aromatic heterocycles. The predicted molar refractivity (Wildman–Crippen MR) is 55.7 cm³/mol. The highest BCUT2D eigenvalue weighted by atomic mass is 35.5. The number of piperidine rings is 1. The van der Waals surface area contributed by atoms with Crippen LogP contribution in [-0.4, -0.2) is 44.7 Å². The fraction of sp³-hybridized carbons (Fsp3) is 0.667. The Bertz CT molecular complexity index is 340. The van der Waals surface area contributed by atoms with Crippen LogP contribution in [0.2, 0.25) is 0 Å². The third kappa shape index (κ3) is 2.12. The molecular weight excluding hydrogens is 216 g/mol. The summed E-state index contributed by atoms with van der Waals surface area (Å²) in [5.41, 5.74) is 0.355. The highest BCUT2D eigenvalue weighted by molar-refractivity contribution is 6.21. The van der Waals surface area contributed by atoms with E-state index in [-0.39, 0.29) is 11.3 Å². The van der Waals surface area contributed by atoms with Crippen LogP contribution in [0.5, 0.6) is 0 Å². The molecule has 82 valence electrons. The monoisotopic (exact) mass is 228 g/mol. The summed E-state index contributed by atoms with van der Waals surface area (Å²) in [5.74, 6) is 0.370. The number of aromatic nitrogens is 3. The van der Waals surface area contributed by atoms with Gasteiger partial charge in [-0.2, -0.15) is 15.4 Å². The summed E-state index contributed by atoms with van der Waals surface area (Å²) in [6.45, 7) is 3.44. The summed E-state index contributed by atoms with van der Waals surface area (Å²) in [6, 6.07) is 0. The first-order valence-corrected chi connectivity index (χ1v) is 5.41. The standard InChI is InChI=1S/C9H13ClN4O/c1-6-2-3-14(5-7(6)10)9(15)8-4-11-13-12-8/h4,6-7H,2-3,5H2,1H3,(H,11,12,13). The maximum Gasteiger partial charge on any atom is 0.276 e. The number of amides is 1. The number of nitrogens with one attached hydrogen (secondary N) is 1. The second-order valence-electron chi connectivity index (χ2n) is 3.89. The van der Waals surface area contributed by atoms with Gasteiger partial charge in [-0.15, -0.1) is 11.6 Å². The molecule has 2 atom stereocenters. The molecule has 1 aliphatic heterocycles. The van der Waals surface area contributed by atoms with Gasteiger partial charge in [0.1, 0.15) is 0 Å². The van der Waals surface area contributed by atoms with E-state index < -0.39 is 0 Å². The average molecular weight is 229 g/mol. The second-order valence-corrected chi connectivity index (χ2v) is 4.45. The van der Waals surface area contributed by atoms with E-state index in [1.54, 1.807) is 4.90 Å². The normalized spacial score (nSPS) is 26.7. The molecule has 0 aromatic carbocycles. The van der Waals surface area contributed by atoms with E-state index in [0.717, 1.165) is 13.0 Å². The number of nitrogens with zero attached hydrogens (tertiary/aromatic N) is 3. The Hall–Kier alpha value is -1.10. The van der Waals surface area contributed by atoms with E-state index in [4.69, 9.17) is 11.6 Å². The average Bonchev–Trinajstić information content (AvgIpc) is 2.74. The van der Waals surface area contributed by atoms with E-state index in [1.807, 2.05) is 0 Å². The van der Waals surface area contributed by atoms with Gasteiger partial charge in [-0.1, -0.05) is 6.92 Å². The lowest BCUT2D eigenvalue weighted by Crippen LogP contribution is -2.43. The number of carbonyl (C=O) groups is 1. The van der Waals surface area contributed by atoms with Gasteiger partial charge in [-0.3, -0.25) is 4.79 Å². The Balaban J connectivity index is 2.03. The van der Waals surface area contributed by atoms with Gasteiger partial charge >= 0.3 is 0 Å². The van der Waals surface area contributed by atoms with Crippen molar-refractivity contribution in [1.82, 2.24) is 20.3 Å². The van der Waals surface area contributed by atoms with Crippen molar-refractivity contribution >= 4 is 17.5 Å². The molecule has 1 aromatic rings. The molecule has 1 N–H and O–H groups in total. The number of carbonyl (C=O) groups excluding carboxylic acids is 1. The first kappa shape index (κ1) is 10.4. The van der Waals surface area contributed by atoms with Crippen LogP contribution in [0.4, 0.5) is 0 Å². The van der Waals surface area contributed by atoms with Crippen molar-refractivity contribution in [2.45, 2.75) is 18.7 Å². The molecular formula is C9H13ClN4O. The van der Waals surface area contributed by atoms with Gasteiger partial charge in [-0.25, -0.2) is 0 Å². The van der Waals surface area contributed by atoms with E-state index in [0.29, 0.717) is 18.2 Å². The Morgan fingerprint density at radius 3 is 3.13 bits per heavy atom. The first-order chi connectivity index (χ1) is 7.18. The zero-order chi connectivity index (χ0) is 10.8. The summed E-state index contributed by atoms with van der Waals surface area (Å²) >= 11 is 6.13. The number of hydrogen-bond donors (Lipinski definition) is 1. The Labute approximate surface area is 92.8 Å². The summed E-state index contributed by atoms with van der Waals surface area (Å²) in [7, 11) is 0. The van der Waals surface area contributed by atoms with Crippen LogP contribution in [0.15, 0.2) is 6.20 Å².